The van der Waals surface area contributed by atoms with Crippen molar-refractivity contribution in [3.05, 3.63) is 71.2 Å². The Morgan fingerprint density at radius 2 is 1.76 bits per heavy atom. The summed E-state index contributed by atoms with van der Waals surface area (Å²) in [5, 5.41) is 10.5. The molecule has 0 saturated heterocycles. The standard InChI is InChI=1S/C26H23N3O4S/c1-15-14-17(33-16-8-6-5-7-9-16)10-11-18(15)28-19-12-13-27-23-20(19)21(22(34-23)24(30)31)29(25(28)32)26(2,3)4/h5-14H,1-4H3,(H,30,31). The number of aromatic nitrogens is 1. The quantitative estimate of drug-likeness (QED) is 0.346. The summed E-state index contributed by atoms with van der Waals surface area (Å²) < 4.78 is 5.96. The number of carbonyl (C=O) groups is 2. The van der Waals surface area contributed by atoms with E-state index >= 15 is 0 Å². The number of rotatable bonds is 4. The second-order valence-electron chi connectivity index (χ2n) is 9.08. The third-order valence-electron chi connectivity index (χ3n) is 5.65. The second kappa shape index (κ2) is 7.85. The zero-order valence-corrected chi connectivity index (χ0v) is 20.0. The average Bonchev–Trinajstić information content (AvgIpc) is 3.15. The first-order chi connectivity index (χ1) is 16.2. The summed E-state index contributed by atoms with van der Waals surface area (Å²) in [5.41, 5.74) is 1.91. The SMILES string of the molecule is Cc1cc(Oc2ccccc2)ccc1N1C(=O)N(C(C)(C)C)c2c(C(=O)O)sc3nccc1c23. The van der Waals surface area contributed by atoms with E-state index < -0.39 is 11.5 Å². The van der Waals surface area contributed by atoms with Crippen LogP contribution in [0.25, 0.3) is 10.2 Å². The molecule has 0 bridgehead atoms. The molecule has 2 aromatic carbocycles. The Balaban J connectivity index is 1.68. The molecule has 172 valence electrons. The third kappa shape index (κ3) is 3.47. The number of urea groups is 1. The molecule has 0 aliphatic carbocycles. The Hall–Kier alpha value is -3.91. The van der Waals surface area contributed by atoms with Crippen LogP contribution in [0.3, 0.4) is 0 Å². The van der Waals surface area contributed by atoms with Crippen molar-refractivity contribution in [3.63, 3.8) is 0 Å². The highest BCUT2D eigenvalue weighted by atomic mass is 32.1. The lowest BCUT2D eigenvalue weighted by atomic mass is 10.0. The number of carboxylic acids is 1. The van der Waals surface area contributed by atoms with E-state index in [4.69, 9.17) is 4.74 Å². The van der Waals surface area contributed by atoms with Gasteiger partial charge in [-0.2, -0.15) is 0 Å². The van der Waals surface area contributed by atoms with E-state index in [0.29, 0.717) is 33.0 Å². The predicted molar refractivity (Wildman–Crippen MR) is 134 cm³/mol. The Morgan fingerprint density at radius 1 is 1.03 bits per heavy atom. The molecule has 8 heteroatoms. The molecular formula is C26H23N3O4S. The normalized spacial score (nSPS) is 13.5. The van der Waals surface area contributed by atoms with Crippen LogP contribution in [-0.2, 0) is 0 Å². The fourth-order valence-electron chi connectivity index (χ4n) is 4.26. The fraction of sp³-hybridized carbons (Fsp3) is 0.192. The molecule has 3 heterocycles. The van der Waals surface area contributed by atoms with E-state index in [1.807, 2.05) is 76.2 Å². The van der Waals surface area contributed by atoms with Crippen LogP contribution in [0.15, 0.2) is 60.8 Å². The molecule has 0 radical (unpaired) electrons. The molecule has 0 atom stereocenters. The highest BCUT2D eigenvalue weighted by Crippen LogP contribution is 2.50. The van der Waals surface area contributed by atoms with Gasteiger partial charge in [-0.1, -0.05) is 18.2 Å². The van der Waals surface area contributed by atoms with Gasteiger partial charge in [-0.25, -0.2) is 14.6 Å². The number of thiophene rings is 1. The molecule has 2 aromatic heterocycles. The van der Waals surface area contributed by atoms with Crippen LogP contribution < -0.4 is 14.5 Å². The zero-order valence-electron chi connectivity index (χ0n) is 19.2. The first-order valence-corrected chi connectivity index (χ1v) is 11.6. The number of aromatic carboxylic acids is 1. The van der Waals surface area contributed by atoms with Crippen molar-refractivity contribution in [2.75, 3.05) is 9.80 Å². The second-order valence-corrected chi connectivity index (χ2v) is 10.1. The topological polar surface area (TPSA) is 83.0 Å². The van der Waals surface area contributed by atoms with Crippen molar-refractivity contribution in [3.8, 4) is 11.5 Å². The molecule has 2 amide bonds. The first-order valence-electron chi connectivity index (χ1n) is 10.8. The lowest BCUT2D eigenvalue weighted by Crippen LogP contribution is -2.53. The minimum Gasteiger partial charge on any atom is -0.477 e. The lowest BCUT2D eigenvalue weighted by Gasteiger charge is -2.43. The summed E-state index contributed by atoms with van der Waals surface area (Å²) in [4.78, 5) is 34.4. The number of amides is 2. The Morgan fingerprint density at radius 3 is 2.41 bits per heavy atom. The number of benzene rings is 2. The van der Waals surface area contributed by atoms with Gasteiger partial charge in [-0.15, -0.1) is 11.3 Å². The molecule has 4 aromatic rings. The van der Waals surface area contributed by atoms with E-state index in [2.05, 4.69) is 4.98 Å². The van der Waals surface area contributed by atoms with E-state index in [1.54, 1.807) is 22.1 Å². The maximum Gasteiger partial charge on any atom is 0.348 e. The smallest absolute Gasteiger partial charge is 0.348 e. The number of ether oxygens (including phenoxy) is 1. The highest BCUT2D eigenvalue weighted by Gasteiger charge is 2.43. The van der Waals surface area contributed by atoms with Gasteiger partial charge < -0.3 is 9.84 Å². The summed E-state index contributed by atoms with van der Waals surface area (Å²) >= 11 is 1.09. The fourth-order valence-corrected chi connectivity index (χ4v) is 5.24. The van der Waals surface area contributed by atoms with Gasteiger partial charge in [0, 0.05) is 11.7 Å². The van der Waals surface area contributed by atoms with Crippen LogP contribution in [0, 0.1) is 6.92 Å². The van der Waals surface area contributed by atoms with Gasteiger partial charge in [0.05, 0.1) is 22.4 Å². The molecule has 1 N–H and O–H groups in total. The van der Waals surface area contributed by atoms with Crippen LogP contribution in [0.4, 0.5) is 21.9 Å². The number of nitrogens with zero attached hydrogens (tertiary/aromatic N) is 3. The van der Waals surface area contributed by atoms with Crippen LogP contribution in [0.5, 0.6) is 11.5 Å². The van der Waals surface area contributed by atoms with Gasteiger partial charge in [-0.05, 0) is 69.7 Å². The van der Waals surface area contributed by atoms with Gasteiger partial charge in [-0.3, -0.25) is 9.80 Å². The molecule has 0 saturated carbocycles. The lowest BCUT2D eigenvalue weighted by molar-refractivity contribution is 0.0703. The van der Waals surface area contributed by atoms with Crippen molar-refractivity contribution < 1.29 is 19.4 Å². The number of hydrogen-bond acceptors (Lipinski definition) is 5. The van der Waals surface area contributed by atoms with Gasteiger partial charge in [0.25, 0.3) is 0 Å². The van der Waals surface area contributed by atoms with Crippen LogP contribution >= 0.6 is 11.3 Å². The van der Waals surface area contributed by atoms with Crippen LogP contribution in [0.1, 0.15) is 36.0 Å². The monoisotopic (exact) mass is 473 g/mol. The number of aryl methyl sites for hydroxylation is 1. The zero-order chi connectivity index (χ0) is 24.2. The minimum absolute atomic E-state index is 0.112. The van der Waals surface area contributed by atoms with E-state index in [-0.39, 0.29) is 10.9 Å². The highest BCUT2D eigenvalue weighted by molar-refractivity contribution is 7.21. The molecule has 1 aliphatic heterocycles. The van der Waals surface area contributed by atoms with Crippen molar-refractivity contribution in [2.45, 2.75) is 33.2 Å². The average molecular weight is 474 g/mol. The number of para-hydroxylation sites is 1. The number of hydrogen-bond donors (Lipinski definition) is 1. The van der Waals surface area contributed by atoms with Gasteiger partial charge >= 0.3 is 12.0 Å². The summed E-state index contributed by atoms with van der Waals surface area (Å²) in [6.07, 6.45) is 1.61. The predicted octanol–water partition coefficient (Wildman–Crippen LogP) is 6.97. The van der Waals surface area contributed by atoms with Crippen molar-refractivity contribution in [1.82, 2.24) is 4.98 Å². The summed E-state index contributed by atoms with van der Waals surface area (Å²) in [5.74, 6) is 0.314. The number of pyridine rings is 1. The van der Waals surface area contributed by atoms with Gasteiger partial charge in [0.2, 0.25) is 0 Å². The number of anilines is 3. The Labute approximate surface area is 200 Å². The van der Waals surface area contributed by atoms with Crippen molar-refractivity contribution in [1.29, 1.82) is 0 Å². The van der Waals surface area contributed by atoms with Gasteiger partial charge in [0.1, 0.15) is 21.2 Å². The van der Waals surface area contributed by atoms with E-state index in [1.165, 1.54) is 0 Å². The van der Waals surface area contributed by atoms with Crippen LogP contribution in [0.2, 0.25) is 0 Å². The molecule has 1 aliphatic rings. The molecule has 5 rings (SSSR count). The summed E-state index contributed by atoms with van der Waals surface area (Å²) in [6.45, 7) is 7.60. The molecule has 0 fully saturated rings. The van der Waals surface area contributed by atoms with E-state index in [9.17, 15) is 14.7 Å². The van der Waals surface area contributed by atoms with Crippen LogP contribution in [-0.4, -0.2) is 27.6 Å². The summed E-state index contributed by atoms with van der Waals surface area (Å²) in [6, 6.07) is 16.5. The molecule has 34 heavy (non-hydrogen) atoms. The third-order valence-corrected chi connectivity index (χ3v) is 6.72. The van der Waals surface area contributed by atoms with Gasteiger partial charge in [0.15, 0.2) is 0 Å². The molecular weight excluding hydrogens is 450 g/mol. The molecule has 0 spiro atoms. The Bertz CT molecular complexity index is 1440. The first kappa shape index (κ1) is 21.9. The molecule has 7 nitrogen and oxygen atoms in total. The minimum atomic E-state index is -1.07. The van der Waals surface area contributed by atoms with Crippen molar-refractivity contribution in [2.24, 2.45) is 0 Å². The van der Waals surface area contributed by atoms with E-state index in [0.717, 1.165) is 22.6 Å². The maximum atomic E-state index is 14.0. The largest absolute Gasteiger partial charge is 0.477 e. The number of carboxylic acid groups (broad SMARTS) is 1. The number of carbonyl (C=O) groups excluding carboxylic acids is 1. The summed E-state index contributed by atoms with van der Waals surface area (Å²) in [7, 11) is 0. The van der Waals surface area contributed by atoms with Crippen molar-refractivity contribution >= 4 is 50.6 Å². The Kier molecular flexibility index (Phi) is 5.06. The molecule has 0 unspecified atom stereocenters. The maximum absolute atomic E-state index is 14.0.